The largest absolute Gasteiger partial charge is 0.497 e. The molecule has 3 rings (SSSR count). The molecule has 1 amide bonds. The Morgan fingerprint density at radius 1 is 1.36 bits per heavy atom. The molecule has 25 heavy (non-hydrogen) atoms. The van der Waals surface area contributed by atoms with Crippen molar-refractivity contribution in [3.05, 3.63) is 45.1 Å². The number of rotatable bonds is 3. The van der Waals surface area contributed by atoms with Gasteiger partial charge in [-0.1, -0.05) is 23.7 Å². The highest BCUT2D eigenvalue weighted by Gasteiger charge is 2.49. The van der Waals surface area contributed by atoms with Gasteiger partial charge in [-0.2, -0.15) is 18.3 Å². The third-order valence-corrected chi connectivity index (χ3v) is 5.04. The van der Waals surface area contributed by atoms with Gasteiger partial charge in [0.25, 0.3) is 5.91 Å². The normalized spacial score (nSPS) is 17.6. The highest BCUT2D eigenvalue weighted by Crippen LogP contribution is 2.39. The molecule has 2 heterocycles. The lowest BCUT2D eigenvalue weighted by Crippen LogP contribution is -2.47. The SMILES string of the molecule is COc1ccc(CN2CC(C(F)(F)F)n3nc(Br)c(Cl)c3C2=O)cc1. The predicted octanol–water partition coefficient (Wildman–Crippen LogP) is 4.07. The summed E-state index contributed by atoms with van der Waals surface area (Å²) in [5.74, 6) is 0.0199. The third kappa shape index (κ3) is 3.35. The van der Waals surface area contributed by atoms with Crippen molar-refractivity contribution in [1.29, 1.82) is 0 Å². The minimum Gasteiger partial charge on any atom is -0.497 e. The number of carbonyl (C=O) groups is 1. The fourth-order valence-electron chi connectivity index (χ4n) is 2.65. The van der Waals surface area contributed by atoms with Gasteiger partial charge in [0.2, 0.25) is 0 Å². The monoisotopic (exact) mass is 437 g/mol. The maximum Gasteiger partial charge on any atom is 0.412 e. The molecule has 1 aliphatic heterocycles. The highest BCUT2D eigenvalue weighted by molar-refractivity contribution is 9.10. The van der Waals surface area contributed by atoms with Crippen LogP contribution in [0, 0.1) is 0 Å². The molecule has 0 N–H and O–H groups in total. The molecule has 0 saturated heterocycles. The first-order chi connectivity index (χ1) is 11.7. The summed E-state index contributed by atoms with van der Waals surface area (Å²) in [6.07, 6.45) is -4.57. The van der Waals surface area contributed by atoms with Gasteiger partial charge in [-0.3, -0.25) is 4.79 Å². The van der Waals surface area contributed by atoms with Crippen LogP contribution < -0.4 is 4.74 Å². The zero-order valence-corrected chi connectivity index (χ0v) is 15.2. The summed E-state index contributed by atoms with van der Waals surface area (Å²) in [4.78, 5) is 13.7. The Morgan fingerprint density at radius 3 is 2.56 bits per heavy atom. The summed E-state index contributed by atoms with van der Waals surface area (Å²) in [6, 6.07) is 4.79. The van der Waals surface area contributed by atoms with Gasteiger partial charge in [-0.15, -0.1) is 0 Å². The second kappa shape index (κ2) is 6.53. The molecule has 1 aliphatic rings. The van der Waals surface area contributed by atoms with Gasteiger partial charge in [0.15, 0.2) is 6.04 Å². The lowest BCUT2D eigenvalue weighted by atomic mass is 10.1. The van der Waals surface area contributed by atoms with E-state index in [4.69, 9.17) is 16.3 Å². The molecule has 5 nitrogen and oxygen atoms in total. The van der Waals surface area contributed by atoms with E-state index in [9.17, 15) is 18.0 Å². The van der Waals surface area contributed by atoms with E-state index < -0.39 is 24.7 Å². The van der Waals surface area contributed by atoms with Crippen LogP contribution in [-0.2, 0) is 6.54 Å². The fourth-order valence-corrected chi connectivity index (χ4v) is 3.22. The summed E-state index contributed by atoms with van der Waals surface area (Å²) in [5.41, 5.74) is 0.411. The number of hydrogen-bond donors (Lipinski definition) is 0. The minimum absolute atomic E-state index is 0.0121. The lowest BCUT2D eigenvalue weighted by molar-refractivity contribution is -0.176. The Hall–Kier alpha value is -1.74. The van der Waals surface area contributed by atoms with E-state index in [1.165, 1.54) is 7.11 Å². The average molecular weight is 439 g/mol. The molecule has 0 radical (unpaired) electrons. The van der Waals surface area contributed by atoms with Gasteiger partial charge < -0.3 is 9.64 Å². The van der Waals surface area contributed by atoms with Crippen LogP contribution in [0.5, 0.6) is 5.75 Å². The van der Waals surface area contributed by atoms with Crippen LogP contribution in [0.1, 0.15) is 22.1 Å². The number of carbonyl (C=O) groups excluding carboxylic acids is 1. The molecule has 0 spiro atoms. The highest BCUT2D eigenvalue weighted by atomic mass is 79.9. The van der Waals surface area contributed by atoms with Crippen LogP contribution in [0.25, 0.3) is 0 Å². The molecule has 0 bridgehead atoms. The summed E-state index contributed by atoms with van der Waals surface area (Å²) in [6.45, 7) is -0.514. The van der Waals surface area contributed by atoms with E-state index >= 15 is 0 Å². The van der Waals surface area contributed by atoms with Crippen molar-refractivity contribution in [3.8, 4) is 5.75 Å². The molecule has 134 valence electrons. The smallest absolute Gasteiger partial charge is 0.412 e. The number of fused-ring (bicyclic) bond motifs is 1. The summed E-state index contributed by atoms with van der Waals surface area (Å²) >= 11 is 8.97. The van der Waals surface area contributed by atoms with E-state index in [1.54, 1.807) is 24.3 Å². The van der Waals surface area contributed by atoms with Crippen molar-refractivity contribution in [2.24, 2.45) is 0 Å². The van der Waals surface area contributed by atoms with Crippen LogP contribution in [-0.4, -0.2) is 40.4 Å². The molecule has 0 fully saturated rings. The summed E-state index contributed by atoms with van der Waals surface area (Å²) in [7, 11) is 1.51. The van der Waals surface area contributed by atoms with E-state index in [2.05, 4.69) is 21.0 Å². The summed E-state index contributed by atoms with van der Waals surface area (Å²) < 4.78 is 46.0. The Bertz CT molecular complexity index is 808. The van der Waals surface area contributed by atoms with E-state index in [0.29, 0.717) is 16.0 Å². The molecule has 1 atom stereocenters. The van der Waals surface area contributed by atoms with Gasteiger partial charge in [0.05, 0.1) is 13.7 Å². The topological polar surface area (TPSA) is 47.4 Å². The van der Waals surface area contributed by atoms with Crippen molar-refractivity contribution >= 4 is 33.4 Å². The number of benzene rings is 1. The first-order valence-electron chi connectivity index (χ1n) is 7.14. The van der Waals surface area contributed by atoms with E-state index in [1.807, 2.05) is 0 Å². The lowest BCUT2D eigenvalue weighted by Gasteiger charge is -2.34. The van der Waals surface area contributed by atoms with Crippen LogP contribution in [0.2, 0.25) is 5.02 Å². The van der Waals surface area contributed by atoms with E-state index in [0.717, 1.165) is 4.90 Å². The third-order valence-electron chi connectivity index (χ3n) is 3.90. The van der Waals surface area contributed by atoms with Gasteiger partial charge >= 0.3 is 6.18 Å². The number of methoxy groups -OCH3 is 1. The Labute approximate surface area is 154 Å². The second-order valence-corrected chi connectivity index (χ2v) is 6.62. The number of halogens is 5. The zero-order chi connectivity index (χ0) is 18.4. The number of hydrogen-bond acceptors (Lipinski definition) is 3. The van der Waals surface area contributed by atoms with Crippen LogP contribution in [0.15, 0.2) is 28.9 Å². The quantitative estimate of drug-likeness (QED) is 0.726. The number of amides is 1. The number of ether oxygens (including phenoxy) is 1. The van der Waals surface area contributed by atoms with Gasteiger partial charge in [0, 0.05) is 6.54 Å². The van der Waals surface area contributed by atoms with Crippen LogP contribution in [0.3, 0.4) is 0 Å². The molecule has 1 aromatic carbocycles. The van der Waals surface area contributed by atoms with Crippen molar-refractivity contribution in [2.45, 2.75) is 18.8 Å². The zero-order valence-electron chi connectivity index (χ0n) is 12.8. The Kier molecular flexibility index (Phi) is 4.72. The minimum atomic E-state index is -4.57. The summed E-state index contributed by atoms with van der Waals surface area (Å²) in [5, 5.41) is 3.60. The van der Waals surface area contributed by atoms with Gasteiger partial charge in [-0.25, -0.2) is 4.68 Å². The standard InChI is InChI=1S/C15H12BrClF3N3O2/c1-25-9-4-2-8(3-5-9)6-22-7-10(15(18,19)20)23-12(14(22)24)11(17)13(16)21-23/h2-5,10H,6-7H2,1H3. The molecule has 0 saturated carbocycles. The fraction of sp³-hybridized carbons (Fsp3) is 0.333. The van der Waals surface area contributed by atoms with E-state index in [-0.39, 0.29) is 21.9 Å². The van der Waals surface area contributed by atoms with Crippen molar-refractivity contribution < 1.29 is 22.7 Å². The van der Waals surface area contributed by atoms with Crippen LogP contribution in [0.4, 0.5) is 13.2 Å². The average Bonchev–Trinajstić information content (AvgIpc) is 2.85. The molecule has 10 heteroatoms. The molecule has 2 aromatic rings. The van der Waals surface area contributed by atoms with Crippen molar-refractivity contribution in [2.75, 3.05) is 13.7 Å². The molecule has 1 unspecified atom stereocenters. The van der Waals surface area contributed by atoms with Crippen LogP contribution >= 0.6 is 27.5 Å². The van der Waals surface area contributed by atoms with Crippen molar-refractivity contribution in [1.82, 2.24) is 14.7 Å². The van der Waals surface area contributed by atoms with Gasteiger partial charge in [0.1, 0.15) is 21.1 Å². The maximum absolute atomic E-state index is 13.4. The molecular formula is C15H12BrClF3N3O2. The Balaban J connectivity index is 1.95. The number of alkyl halides is 3. The number of nitrogens with zero attached hydrogens (tertiary/aromatic N) is 3. The number of aromatic nitrogens is 2. The second-order valence-electron chi connectivity index (χ2n) is 5.49. The molecular weight excluding hydrogens is 427 g/mol. The van der Waals surface area contributed by atoms with Gasteiger partial charge in [-0.05, 0) is 33.6 Å². The first kappa shape index (κ1) is 18.1. The molecule has 0 aliphatic carbocycles. The van der Waals surface area contributed by atoms with Crippen molar-refractivity contribution in [3.63, 3.8) is 0 Å². The maximum atomic E-state index is 13.4. The Morgan fingerprint density at radius 2 is 2.00 bits per heavy atom. The first-order valence-corrected chi connectivity index (χ1v) is 8.32. The predicted molar refractivity (Wildman–Crippen MR) is 87.8 cm³/mol. The molecule has 1 aromatic heterocycles.